The van der Waals surface area contributed by atoms with Crippen LogP contribution in [0.5, 0.6) is 0 Å². The first-order valence-electron chi connectivity index (χ1n) is 5.93. The summed E-state index contributed by atoms with van der Waals surface area (Å²) in [5.41, 5.74) is 0. The molecule has 0 saturated carbocycles. The number of hydrogen-bond acceptors (Lipinski definition) is 4. The second-order valence-corrected chi connectivity index (χ2v) is 6.34. The zero-order chi connectivity index (χ0) is 12.3. The summed E-state index contributed by atoms with van der Waals surface area (Å²) < 4.78 is 32.6. The van der Waals surface area contributed by atoms with Crippen molar-refractivity contribution in [2.75, 3.05) is 39.4 Å². The molecule has 0 N–H and O–H groups in total. The Labute approximate surface area is 102 Å². The number of rotatable bonds is 3. The number of aldehydes is 1. The summed E-state index contributed by atoms with van der Waals surface area (Å²) in [7, 11) is -3.40. The van der Waals surface area contributed by atoms with Gasteiger partial charge in [0.15, 0.2) is 0 Å². The van der Waals surface area contributed by atoms with Gasteiger partial charge in [0.1, 0.15) is 6.29 Å². The SMILES string of the molecule is O=CC1CCCN(S(=O)(=O)N2CCOCC2)C1. The second kappa shape index (κ2) is 5.43. The van der Waals surface area contributed by atoms with Crippen molar-refractivity contribution >= 4 is 16.5 Å². The highest BCUT2D eigenvalue weighted by atomic mass is 32.2. The smallest absolute Gasteiger partial charge is 0.282 e. The molecule has 1 unspecified atom stereocenters. The minimum absolute atomic E-state index is 0.153. The summed E-state index contributed by atoms with van der Waals surface area (Å²) in [5, 5.41) is 0. The zero-order valence-electron chi connectivity index (χ0n) is 9.75. The van der Waals surface area contributed by atoms with Gasteiger partial charge in [-0.1, -0.05) is 0 Å². The van der Waals surface area contributed by atoms with Crippen LogP contribution < -0.4 is 0 Å². The summed E-state index contributed by atoms with van der Waals surface area (Å²) >= 11 is 0. The first kappa shape index (κ1) is 12.9. The van der Waals surface area contributed by atoms with Crippen LogP contribution in [0.4, 0.5) is 0 Å². The molecule has 2 aliphatic heterocycles. The quantitative estimate of drug-likeness (QED) is 0.642. The van der Waals surface area contributed by atoms with E-state index in [1.54, 1.807) is 0 Å². The Hall–Kier alpha value is -0.500. The topological polar surface area (TPSA) is 66.9 Å². The third-order valence-electron chi connectivity index (χ3n) is 3.24. The average Bonchev–Trinajstić information content (AvgIpc) is 2.40. The van der Waals surface area contributed by atoms with Crippen molar-refractivity contribution < 1.29 is 17.9 Å². The molecule has 2 saturated heterocycles. The van der Waals surface area contributed by atoms with E-state index < -0.39 is 10.2 Å². The number of ether oxygens (including phenoxy) is 1. The highest BCUT2D eigenvalue weighted by Crippen LogP contribution is 2.20. The Morgan fingerprint density at radius 2 is 1.82 bits per heavy atom. The Balaban J connectivity index is 2.05. The van der Waals surface area contributed by atoms with E-state index in [1.807, 2.05) is 0 Å². The standard InChI is InChI=1S/C10H18N2O4S/c13-9-10-2-1-3-12(8-10)17(14,15)11-4-6-16-7-5-11/h9-10H,1-8H2. The van der Waals surface area contributed by atoms with E-state index >= 15 is 0 Å². The summed E-state index contributed by atoms with van der Waals surface area (Å²) in [6, 6.07) is 0. The van der Waals surface area contributed by atoms with E-state index in [0.717, 1.165) is 19.1 Å². The van der Waals surface area contributed by atoms with Crippen LogP contribution in [0.2, 0.25) is 0 Å². The zero-order valence-corrected chi connectivity index (χ0v) is 10.6. The lowest BCUT2D eigenvalue weighted by molar-refractivity contribution is -0.112. The predicted molar refractivity (Wildman–Crippen MR) is 61.7 cm³/mol. The summed E-state index contributed by atoms with van der Waals surface area (Å²) in [5.74, 6) is -0.153. The number of morpholine rings is 1. The van der Waals surface area contributed by atoms with Gasteiger partial charge in [0.25, 0.3) is 10.2 Å². The van der Waals surface area contributed by atoms with Crippen LogP contribution in [0.1, 0.15) is 12.8 Å². The lowest BCUT2D eigenvalue weighted by atomic mass is 10.0. The van der Waals surface area contributed by atoms with Gasteiger partial charge in [-0.15, -0.1) is 0 Å². The highest BCUT2D eigenvalue weighted by Gasteiger charge is 2.34. The molecule has 7 heteroatoms. The van der Waals surface area contributed by atoms with Crippen molar-refractivity contribution in [1.82, 2.24) is 8.61 Å². The van der Waals surface area contributed by atoms with E-state index in [1.165, 1.54) is 8.61 Å². The molecule has 0 bridgehead atoms. The number of nitrogens with zero attached hydrogens (tertiary/aromatic N) is 2. The predicted octanol–water partition coefficient (Wildman–Crippen LogP) is -0.526. The van der Waals surface area contributed by atoms with Gasteiger partial charge in [-0.3, -0.25) is 0 Å². The van der Waals surface area contributed by atoms with E-state index in [9.17, 15) is 13.2 Å². The Bertz CT molecular complexity index is 365. The van der Waals surface area contributed by atoms with Crippen molar-refractivity contribution in [3.8, 4) is 0 Å². The number of carbonyl (C=O) groups excluding carboxylic acids is 1. The first-order valence-corrected chi connectivity index (χ1v) is 7.32. The van der Waals surface area contributed by atoms with Crippen LogP contribution in [0.25, 0.3) is 0 Å². The molecule has 6 nitrogen and oxygen atoms in total. The van der Waals surface area contributed by atoms with Crippen molar-refractivity contribution in [2.24, 2.45) is 5.92 Å². The van der Waals surface area contributed by atoms with E-state index in [2.05, 4.69) is 0 Å². The minimum atomic E-state index is -3.40. The number of piperidine rings is 1. The molecule has 2 aliphatic rings. The molecule has 0 radical (unpaired) electrons. The fourth-order valence-electron chi connectivity index (χ4n) is 2.24. The van der Waals surface area contributed by atoms with Crippen molar-refractivity contribution in [2.45, 2.75) is 12.8 Å². The van der Waals surface area contributed by atoms with Crippen molar-refractivity contribution in [3.63, 3.8) is 0 Å². The van der Waals surface area contributed by atoms with Crippen molar-refractivity contribution in [3.05, 3.63) is 0 Å². The maximum absolute atomic E-state index is 12.3. The van der Waals surface area contributed by atoms with Gasteiger partial charge < -0.3 is 9.53 Å². The van der Waals surface area contributed by atoms with Crippen LogP contribution >= 0.6 is 0 Å². The fourth-order valence-corrected chi connectivity index (χ4v) is 3.91. The Kier molecular flexibility index (Phi) is 4.13. The number of hydrogen-bond donors (Lipinski definition) is 0. The molecule has 2 heterocycles. The van der Waals surface area contributed by atoms with Crippen LogP contribution in [0.15, 0.2) is 0 Å². The maximum atomic E-state index is 12.3. The molecule has 0 aromatic rings. The largest absolute Gasteiger partial charge is 0.379 e. The summed E-state index contributed by atoms with van der Waals surface area (Å²) in [6.45, 7) is 2.55. The molecule has 0 spiro atoms. The Morgan fingerprint density at radius 1 is 1.12 bits per heavy atom. The molecule has 17 heavy (non-hydrogen) atoms. The third-order valence-corrected chi connectivity index (χ3v) is 5.24. The minimum Gasteiger partial charge on any atom is -0.379 e. The molecule has 1 atom stereocenters. The van der Waals surface area contributed by atoms with Gasteiger partial charge in [-0.2, -0.15) is 17.0 Å². The van der Waals surface area contributed by atoms with Gasteiger partial charge in [0.05, 0.1) is 13.2 Å². The van der Waals surface area contributed by atoms with Gasteiger partial charge >= 0.3 is 0 Å². The normalized spacial score (nSPS) is 29.1. The lowest BCUT2D eigenvalue weighted by Gasteiger charge is -2.35. The van der Waals surface area contributed by atoms with Crippen LogP contribution in [-0.2, 0) is 19.7 Å². The molecular formula is C10H18N2O4S. The summed E-state index contributed by atoms with van der Waals surface area (Å²) in [4.78, 5) is 10.8. The lowest BCUT2D eigenvalue weighted by Crippen LogP contribution is -2.51. The van der Waals surface area contributed by atoms with E-state index in [0.29, 0.717) is 39.4 Å². The van der Waals surface area contributed by atoms with Crippen molar-refractivity contribution in [1.29, 1.82) is 0 Å². The molecule has 0 aromatic heterocycles. The van der Waals surface area contributed by atoms with Crippen LogP contribution in [-0.4, -0.2) is 62.7 Å². The van der Waals surface area contributed by atoms with Crippen LogP contribution in [0.3, 0.4) is 0 Å². The molecule has 0 aromatic carbocycles. The fraction of sp³-hybridized carbons (Fsp3) is 0.900. The van der Waals surface area contributed by atoms with Gasteiger partial charge in [0, 0.05) is 32.1 Å². The van der Waals surface area contributed by atoms with Gasteiger partial charge in [-0.05, 0) is 12.8 Å². The second-order valence-electron chi connectivity index (χ2n) is 4.42. The van der Waals surface area contributed by atoms with Gasteiger partial charge in [0.2, 0.25) is 0 Å². The molecule has 98 valence electrons. The van der Waals surface area contributed by atoms with Crippen LogP contribution in [0, 0.1) is 5.92 Å². The molecule has 0 amide bonds. The first-order chi connectivity index (χ1) is 8.14. The third kappa shape index (κ3) is 2.85. The Morgan fingerprint density at radius 3 is 2.47 bits per heavy atom. The molecule has 0 aliphatic carbocycles. The monoisotopic (exact) mass is 262 g/mol. The molecular weight excluding hydrogens is 244 g/mol. The number of carbonyl (C=O) groups is 1. The highest BCUT2D eigenvalue weighted by molar-refractivity contribution is 7.86. The van der Waals surface area contributed by atoms with E-state index in [-0.39, 0.29) is 5.92 Å². The average molecular weight is 262 g/mol. The van der Waals surface area contributed by atoms with Gasteiger partial charge in [-0.25, -0.2) is 0 Å². The molecule has 2 fully saturated rings. The maximum Gasteiger partial charge on any atom is 0.282 e. The van der Waals surface area contributed by atoms with E-state index in [4.69, 9.17) is 4.74 Å². The summed E-state index contributed by atoms with van der Waals surface area (Å²) in [6.07, 6.45) is 2.41. The molecule has 2 rings (SSSR count).